The molecule has 2 aromatic heterocycles. The van der Waals surface area contributed by atoms with E-state index in [1.54, 1.807) is 11.9 Å². The number of carbonyl (C=O) groups is 1. The molecule has 0 saturated heterocycles. The fraction of sp³-hybridized carbons (Fsp3) is 0.176. The number of rotatable bonds is 3. The Morgan fingerprint density at radius 1 is 1.23 bits per heavy atom. The molecule has 0 unspecified atom stereocenters. The Morgan fingerprint density at radius 3 is 2.64 bits per heavy atom. The van der Waals surface area contributed by atoms with Gasteiger partial charge in [0.05, 0.1) is 5.69 Å². The summed E-state index contributed by atoms with van der Waals surface area (Å²) in [6, 6.07) is 13.4. The Hall–Kier alpha value is -2.14. The number of pyridine rings is 1. The minimum Gasteiger partial charge on any atom is -0.310 e. The number of fused-ring (bicyclic) bond motifs is 1. The molecule has 5 heteroatoms. The lowest BCUT2D eigenvalue weighted by molar-refractivity contribution is 0.0986. The molecule has 0 aliphatic carbocycles. The first-order valence-corrected chi connectivity index (χ1v) is 7.90. The Balaban J connectivity index is 2.12. The molecule has 1 amide bonds. The monoisotopic (exact) mass is 357 g/mol. The number of benzene rings is 1. The first kappa shape index (κ1) is 14.8. The first-order valence-electron chi connectivity index (χ1n) is 7.11. The maximum atomic E-state index is 13.0. The molecule has 3 rings (SSSR count). The molecule has 0 aliphatic rings. The number of hydrogen-bond acceptors (Lipinski definition) is 2. The molecule has 112 valence electrons. The quantitative estimate of drug-likeness (QED) is 0.711. The molecule has 0 aliphatic heterocycles. The Bertz CT molecular complexity index is 827. The minimum absolute atomic E-state index is 0.0614. The van der Waals surface area contributed by atoms with E-state index in [1.165, 1.54) is 0 Å². The first-order chi connectivity index (χ1) is 10.6. The van der Waals surface area contributed by atoms with E-state index in [2.05, 4.69) is 20.9 Å². The van der Waals surface area contributed by atoms with Crippen molar-refractivity contribution in [1.82, 2.24) is 9.38 Å². The smallest absolute Gasteiger partial charge is 0.276 e. The van der Waals surface area contributed by atoms with Crippen LogP contribution in [0.3, 0.4) is 0 Å². The minimum atomic E-state index is -0.0614. The maximum Gasteiger partial charge on any atom is 0.276 e. The highest BCUT2D eigenvalue weighted by Crippen LogP contribution is 2.21. The largest absolute Gasteiger partial charge is 0.310 e. The zero-order valence-electron chi connectivity index (χ0n) is 12.5. The number of para-hydroxylation sites is 1. The lowest BCUT2D eigenvalue weighted by Crippen LogP contribution is -2.28. The van der Waals surface area contributed by atoms with Crippen LogP contribution in [0.1, 0.15) is 23.1 Å². The Morgan fingerprint density at radius 2 is 1.95 bits per heavy atom. The second-order valence-corrected chi connectivity index (χ2v) is 5.95. The summed E-state index contributed by atoms with van der Waals surface area (Å²) in [5.41, 5.74) is 3.07. The second kappa shape index (κ2) is 5.93. The van der Waals surface area contributed by atoms with Gasteiger partial charge in [-0.1, -0.05) is 25.1 Å². The molecule has 0 bridgehead atoms. The van der Waals surface area contributed by atoms with Crippen molar-refractivity contribution in [2.75, 3.05) is 11.9 Å². The van der Waals surface area contributed by atoms with Gasteiger partial charge in [-0.05, 0) is 46.6 Å². The molecule has 4 nitrogen and oxygen atoms in total. The average molecular weight is 358 g/mol. The van der Waals surface area contributed by atoms with Gasteiger partial charge < -0.3 is 4.90 Å². The standard InChI is InChI=1S/C17H16BrN3O/c1-3-14-16(21-11-12(18)9-10-15(21)19-14)17(22)20(2)13-7-5-4-6-8-13/h4-11H,3H2,1-2H3. The lowest BCUT2D eigenvalue weighted by atomic mass is 10.2. The number of aromatic nitrogens is 2. The predicted octanol–water partition coefficient (Wildman–Crippen LogP) is 3.94. The van der Waals surface area contributed by atoms with Crippen LogP contribution in [-0.2, 0) is 6.42 Å². The van der Waals surface area contributed by atoms with Crippen LogP contribution in [0.4, 0.5) is 5.69 Å². The molecular formula is C17H16BrN3O. The number of hydrogen-bond donors (Lipinski definition) is 0. The van der Waals surface area contributed by atoms with Crippen molar-refractivity contribution in [3.05, 3.63) is 64.5 Å². The third kappa shape index (κ3) is 2.52. The predicted molar refractivity (Wildman–Crippen MR) is 91.4 cm³/mol. The van der Waals surface area contributed by atoms with Crippen molar-refractivity contribution in [3.63, 3.8) is 0 Å². The number of carbonyl (C=O) groups excluding carboxylic acids is 1. The van der Waals surface area contributed by atoms with Crippen LogP contribution in [0.2, 0.25) is 0 Å². The highest BCUT2D eigenvalue weighted by atomic mass is 79.9. The molecule has 0 saturated carbocycles. The van der Waals surface area contributed by atoms with Crippen molar-refractivity contribution >= 4 is 33.2 Å². The van der Waals surface area contributed by atoms with E-state index in [-0.39, 0.29) is 5.91 Å². The van der Waals surface area contributed by atoms with Crippen LogP contribution >= 0.6 is 15.9 Å². The summed E-state index contributed by atoms with van der Waals surface area (Å²) in [5.74, 6) is -0.0614. The van der Waals surface area contributed by atoms with Gasteiger partial charge in [0.25, 0.3) is 5.91 Å². The van der Waals surface area contributed by atoms with Gasteiger partial charge in [0.15, 0.2) is 0 Å². The lowest BCUT2D eigenvalue weighted by Gasteiger charge is -2.17. The van der Waals surface area contributed by atoms with E-state index in [0.29, 0.717) is 12.1 Å². The number of nitrogens with zero attached hydrogens (tertiary/aromatic N) is 3. The molecule has 0 fully saturated rings. The van der Waals surface area contributed by atoms with Crippen molar-refractivity contribution < 1.29 is 4.79 Å². The van der Waals surface area contributed by atoms with Crippen LogP contribution in [0.25, 0.3) is 5.65 Å². The maximum absolute atomic E-state index is 13.0. The summed E-state index contributed by atoms with van der Waals surface area (Å²) < 4.78 is 2.77. The van der Waals surface area contributed by atoms with Gasteiger partial charge in [0.2, 0.25) is 0 Å². The van der Waals surface area contributed by atoms with E-state index in [1.807, 2.05) is 60.0 Å². The fourth-order valence-corrected chi connectivity index (χ4v) is 2.81. The van der Waals surface area contributed by atoms with Gasteiger partial charge >= 0.3 is 0 Å². The molecule has 3 aromatic rings. The Labute approximate surface area is 137 Å². The zero-order valence-corrected chi connectivity index (χ0v) is 14.0. The highest BCUT2D eigenvalue weighted by molar-refractivity contribution is 9.10. The van der Waals surface area contributed by atoms with Crippen LogP contribution in [0.5, 0.6) is 0 Å². The van der Waals surface area contributed by atoms with E-state index in [4.69, 9.17) is 0 Å². The SMILES string of the molecule is CCc1nc2ccc(Br)cn2c1C(=O)N(C)c1ccccc1. The number of halogens is 1. The van der Waals surface area contributed by atoms with Crippen molar-refractivity contribution in [3.8, 4) is 0 Å². The number of aryl methyl sites for hydroxylation is 1. The van der Waals surface area contributed by atoms with Crippen LogP contribution in [0.15, 0.2) is 53.1 Å². The number of amides is 1. The van der Waals surface area contributed by atoms with Crippen LogP contribution in [-0.4, -0.2) is 22.3 Å². The molecule has 1 aromatic carbocycles. The normalized spacial score (nSPS) is 10.9. The van der Waals surface area contributed by atoms with Gasteiger partial charge in [-0.2, -0.15) is 0 Å². The van der Waals surface area contributed by atoms with Crippen molar-refractivity contribution in [2.45, 2.75) is 13.3 Å². The van der Waals surface area contributed by atoms with Crippen molar-refractivity contribution in [1.29, 1.82) is 0 Å². The third-order valence-corrected chi connectivity index (χ3v) is 4.11. The number of anilines is 1. The molecule has 0 radical (unpaired) electrons. The van der Waals surface area contributed by atoms with Gasteiger partial charge in [-0.15, -0.1) is 0 Å². The zero-order chi connectivity index (χ0) is 15.7. The molecule has 2 heterocycles. The topological polar surface area (TPSA) is 37.6 Å². The summed E-state index contributed by atoms with van der Waals surface area (Å²) in [7, 11) is 1.79. The molecule has 0 N–H and O–H groups in total. The summed E-state index contributed by atoms with van der Waals surface area (Å²) in [6.07, 6.45) is 2.59. The Kier molecular flexibility index (Phi) is 3.98. The second-order valence-electron chi connectivity index (χ2n) is 5.04. The average Bonchev–Trinajstić information content (AvgIpc) is 2.92. The molecular weight excluding hydrogens is 342 g/mol. The van der Waals surface area contributed by atoms with E-state index in [9.17, 15) is 4.79 Å². The van der Waals surface area contributed by atoms with Gasteiger partial charge in [-0.25, -0.2) is 4.98 Å². The van der Waals surface area contributed by atoms with Gasteiger partial charge in [-0.3, -0.25) is 9.20 Å². The summed E-state index contributed by atoms with van der Waals surface area (Å²) >= 11 is 3.46. The van der Waals surface area contributed by atoms with Crippen LogP contribution < -0.4 is 4.90 Å². The fourth-order valence-electron chi connectivity index (χ4n) is 2.47. The number of imidazole rings is 1. The van der Waals surface area contributed by atoms with Gasteiger partial charge in [0, 0.05) is 23.4 Å². The molecule has 0 atom stereocenters. The molecule has 22 heavy (non-hydrogen) atoms. The summed E-state index contributed by atoms with van der Waals surface area (Å²) in [5, 5.41) is 0. The van der Waals surface area contributed by atoms with E-state index >= 15 is 0 Å². The van der Waals surface area contributed by atoms with E-state index in [0.717, 1.165) is 21.5 Å². The van der Waals surface area contributed by atoms with E-state index < -0.39 is 0 Å². The summed E-state index contributed by atoms with van der Waals surface area (Å²) in [4.78, 5) is 19.2. The summed E-state index contributed by atoms with van der Waals surface area (Å²) in [6.45, 7) is 2.01. The van der Waals surface area contributed by atoms with Gasteiger partial charge in [0.1, 0.15) is 11.3 Å². The van der Waals surface area contributed by atoms with Crippen molar-refractivity contribution in [2.24, 2.45) is 0 Å². The van der Waals surface area contributed by atoms with Crippen LogP contribution in [0, 0.1) is 0 Å². The third-order valence-electron chi connectivity index (χ3n) is 3.64. The molecule has 0 spiro atoms. The highest BCUT2D eigenvalue weighted by Gasteiger charge is 2.22.